The monoisotopic (exact) mass is 263 g/mol. The van der Waals surface area contributed by atoms with Gasteiger partial charge in [0.15, 0.2) is 0 Å². The van der Waals surface area contributed by atoms with Crippen LogP contribution in [0.5, 0.6) is 0 Å². The van der Waals surface area contributed by atoms with Gasteiger partial charge in [0.1, 0.15) is 6.61 Å². The third kappa shape index (κ3) is 4.13. The number of hydrogen-bond donors (Lipinski definition) is 2. The molecule has 0 atom stereocenters. The Kier molecular flexibility index (Phi) is 5.11. The fourth-order valence-electron chi connectivity index (χ4n) is 1.74. The summed E-state index contributed by atoms with van der Waals surface area (Å²) in [6.07, 6.45) is 0.957. The van der Waals surface area contributed by atoms with Crippen LogP contribution >= 0.6 is 0 Å². The van der Waals surface area contributed by atoms with Crippen molar-refractivity contribution in [2.45, 2.75) is 20.4 Å². The minimum atomic E-state index is -0.962. The van der Waals surface area contributed by atoms with Gasteiger partial charge < -0.3 is 15.2 Å². The average Bonchev–Trinajstić information content (AvgIpc) is 2.34. The number of ether oxygens (including phenoxy) is 1. The Morgan fingerprint density at radius 2 is 1.95 bits per heavy atom. The van der Waals surface area contributed by atoms with E-state index in [9.17, 15) is 9.59 Å². The van der Waals surface area contributed by atoms with Crippen LogP contribution in [-0.2, 0) is 11.3 Å². The average molecular weight is 263 g/mol. The van der Waals surface area contributed by atoms with E-state index < -0.39 is 12.1 Å². The molecule has 2 N–H and O–H groups in total. The minimum absolute atomic E-state index is 0.155. The number of nitrogens with one attached hydrogen (secondary N) is 1. The maximum absolute atomic E-state index is 11.3. The van der Waals surface area contributed by atoms with Crippen LogP contribution in [0, 0.1) is 13.8 Å². The normalized spacial score (nSPS) is 9.79. The topological polar surface area (TPSA) is 75.6 Å². The minimum Gasteiger partial charge on any atom is -0.478 e. The van der Waals surface area contributed by atoms with E-state index in [2.05, 4.69) is 11.9 Å². The molecule has 0 saturated heterocycles. The Morgan fingerprint density at radius 1 is 1.37 bits per heavy atom. The molecule has 0 aliphatic heterocycles. The number of carboxylic acid groups (broad SMARTS) is 1. The number of rotatable bonds is 5. The van der Waals surface area contributed by atoms with Gasteiger partial charge >= 0.3 is 12.1 Å². The van der Waals surface area contributed by atoms with Crippen LogP contribution < -0.4 is 5.32 Å². The van der Waals surface area contributed by atoms with Crippen molar-refractivity contribution in [3.05, 3.63) is 47.0 Å². The zero-order valence-corrected chi connectivity index (χ0v) is 11.0. The van der Waals surface area contributed by atoms with Crippen molar-refractivity contribution in [1.29, 1.82) is 0 Å². The van der Waals surface area contributed by atoms with E-state index in [1.165, 1.54) is 6.08 Å². The summed E-state index contributed by atoms with van der Waals surface area (Å²) < 4.78 is 4.79. The highest BCUT2D eigenvalue weighted by Crippen LogP contribution is 2.16. The fraction of sp³-hybridized carbons (Fsp3) is 0.286. The first-order chi connectivity index (χ1) is 8.95. The molecule has 1 amide bonds. The lowest BCUT2D eigenvalue weighted by Gasteiger charge is -2.12. The first-order valence-electron chi connectivity index (χ1n) is 5.80. The van der Waals surface area contributed by atoms with Crippen molar-refractivity contribution >= 4 is 12.1 Å². The van der Waals surface area contributed by atoms with E-state index >= 15 is 0 Å². The smallest absolute Gasteiger partial charge is 0.407 e. The second kappa shape index (κ2) is 6.58. The molecule has 1 rings (SSSR count). The molecule has 0 fully saturated rings. The molecule has 1 aromatic rings. The van der Waals surface area contributed by atoms with Crippen LogP contribution in [0.25, 0.3) is 0 Å². The van der Waals surface area contributed by atoms with Crippen LogP contribution in [0.1, 0.15) is 27.0 Å². The Morgan fingerprint density at radius 3 is 2.42 bits per heavy atom. The van der Waals surface area contributed by atoms with Crippen molar-refractivity contribution in [3.63, 3.8) is 0 Å². The van der Waals surface area contributed by atoms with E-state index in [0.29, 0.717) is 6.54 Å². The number of alkyl carbamates (subject to hydrolysis) is 1. The predicted octanol–water partition coefficient (Wildman–Crippen LogP) is 2.41. The number of carbonyl (C=O) groups is 2. The number of aryl methyl sites for hydroxylation is 2. The highest BCUT2D eigenvalue weighted by molar-refractivity contribution is 5.88. The fourth-order valence-corrected chi connectivity index (χ4v) is 1.74. The molecule has 0 radical (unpaired) electrons. The van der Waals surface area contributed by atoms with Crippen LogP contribution in [0.2, 0.25) is 0 Å². The van der Waals surface area contributed by atoms with Crippen LogP contribution in [0.4, 0.5) is 4.79 Å². The van der Waals surface area contributed by atoms with Gasteiger partial charge in [0.2, 0.25) is 0 Å². The SMILES string of the molecule is C=CCOC(=O)NCc1c(C)cc(C(=O)O)cc1C. The van der Waals surface area contributed by atoms with Gasteiger partial charge in [-0.3, -0.25) is 0 Å². The van der Waals surface area contributed by atoms with Crippen LogP contribution in [-0.4, -0.2) is 23.8 Å². The van der Waals surface area contributed by atoms with E-state index in [-0.39, 0.29) is 12.2 Å². The third-order valence-electron chi connectivity index (χ3n) is 2.68. The van der Waals surface area contributed by atoms with Gasteiger partial charge in [-0.05, 0) is 42.7 Å². The highest BCUT2D eigenvalue weighted by Gasteiger charge is 2.10. The van der Waals surface area contributed by atoms with Crippen molar-refractivity contribution in [2.75, 3.05) is 6.61 Å². The summed E-state index contributed by atoms with van der Waals surface area (Å²) in [6, 6.07) is 3.17. The Labute approximate surface area is 111 Å². The molecule has 5 nitrogen and oxygen atoms in total. The zero-order chi connectivity index (χ0) is 14.4. The van der Waals surface area contributed by atoms with Crippen molar-refractivity contribution < 1.29 is 19.4 Å². The number of hydrogen-bond acceptors (Lipinski definition) is 3. The second-order valence-electron chi connectivity index (χ2n) is 4.13. The lowest BCUT2D eigenvalue weighted by atomic mass is 9.99. The Balaban J connectivity index is 2.76. The van der Waals surface area contributed by atoms with E-state index in [1.54, 1.807) is 12.1 Å². The summed E-state index contributed by atoms with van der Waals surface area (Å²) in [4.78, 5) is 22.2. The van der Waals surface area contributed by atoms with Gasteiger partial charge in [-0.2, -0.15) is 0 Å². The first kappa shape index (κ1) is 14.8. The van der Waals surface area contributed by atoms with Gasteiger partial charge in [-0.1, -0.05) is 12.7 Å². The van der Waals surface area contributed by atoms with Crippen molar-refractivity contribution in [1.82, 2.24) is 5.32 Å². The summed E-state index contributed by atoms with van der Waals surface area (Å²) in [7, 11) is 0. The van der Waals surface area contributed by atoms with Crippen molar-refractivity contribution in [2.24, 2.45) is 0 Å². The summed E-state index contributed by atoms with van der Waals surface area (Å²) in [6.45, 7) is 7.52. The lowest BCUT2D eigenvalue weighted by Crippen LogP contribution is -2.24. The highest BCUT2D eigenvalue weighted by atomic mass is 16.5. The van der Waals surface area contributed by atoms with E-state index in [0.717, 1.165) is 16.7 Å². The molecular formula is C14H17NO4. The van der Waals surface area contributed by atoms with Crippen molar-refractivity contribution in [3.8, 4) is 0 Å². The first-order valence-corrected chi connectivity index (χ1v) is 5.80. The zero-order valence-electron chi connectivity index (χ0n) is 11.0. The summed E-state index contributed by atoms with van der Waals surface area (Å²) in [5, 5.41) is 11.5. The molecule has 102 valence electrons. The Bertz CT molecular complexity index is 485. The number of benzene rings is 1. The van der Waals surface area contributed by atoms with Gasteiger partial charge in [-0.15, -0.1) is 0 Å². The molecule has 0 aliphatic carbocycles. The number of carbonyl (C=O) groups excluding carboxylic acids is 1. The molecule has 0 saturated carbocycles. The molecule has 0 aliphatic rings. The van der Waals surface area contributed by atoms with E-state index in [4.69, 9.17) is 9.84 Å². The van der Waals surface area contributed by atoms with E-state index in [1.807, 2.05) is 13.8 Å². The number of carboxylic acids is 1. The summed E-state index contributed by atoms with van der Waals surface area (Å²) in [5.74, 6) is -0.962. The molecule has 1 aromatic carbocycles. The van der Waals surface area contributed by atoms with Gasteiger partial charge in [0.25, 0.3) is 0 Å². The quantitative estimate of drug-likeness (QED) is 0.800. The Hall–Kier alpha value is -2.30. The second-order valence-corrected chi connectivity index (χ2v) is 4.13. The maximum Gasteiger partial charge on any atom is 0.407 e. The lowest BCUT2D eigenvalue weighted by molar-refractivity contribution is 0.0696. The molecule has 0 heterocycles. The number of aromatic carboxylic acids is 1. The van der Waals surface area contributed by atoms with Crippen LogP contribution in [0.3, 0.4) is 0 Å². The summed E-state index contributed by atoms with van der Waals surface area (Å²) >= 11 is 0. The van der Waals surface area contributed by atoms with Gasteiger partial charge in [0.05, 0.1) is 5.56 Å². The molecule has 5 heteroatoms. The van der Waals surface area contributed by atoms with Gasteiger partial charge in [0, 0.05) is 6.54 Å². The molecular weight excluding hydrogens is 246 g/mol. The number of amides is 1. The molecule has 0 bridgehead atoms. The molecule has 19 heavy (non-hydrogen) atoms. The predicted molar refractivity (Wildman–Crippen MR) is 71.3 cm³/mol. The summed E-state index contributed by atoms with van der Waals surface area (Å²) in [5.41, 5.74) is 2.77. The molecule has 0 unspecified atom stereocenters. The van der Waals surface area contributed by atoms with Crippen LogP contribution in [0.15, 0.2) is 24.8 Å². The third-order valence-corrected chi connectivity index (χ3v) is 2.68. The largest absolute Gasteiger partial charge is 0.478 e. The molecule has 0 aromatic heterocycles. The van der Waals surface area contributed by atoms with Gasteiger partial charge in [-0.25, -0.2) is 9.59 Å². The standard InChI is InChI=1S/C14H17NO4/c1-4-5-19-14(18)15-8-12-9(2)6-11(13(16)17)7-10(12)3/h4,6-7H,1,5,8H2,2-3H3,(H,15,18)(H,16,17). The maximum atomic E-state index is 11.3. The molecule has 0 spiro atoms.